The molecule has 0 amide bonds. The second-order valence-electron chi connectivity index (χ2n) is 4.77. The van der Waals surface area contributed by atoms with Gasteiger partial charge in [0.2, 0.25) is 0 Å². The lowest BCUT2D eigenvalue weighted by Crippen LogP contribution is -2.47. The van der Waals surface area contributed by atoms with Crippen molar-refractivity contribution in [3.8, 4) is 0 Å². The van der Waals surface area contributed by atoms with Crippen molar-refractivity contribution in [2.24, 2.45) is 5.73 Å². The highest BCUT2D eigenvalue weighted by Crippen LogP contribution is 2.33. The molecule has 0 saturated heterocycles. The number of nitrogens with zero attached hydrogens (tertiary/aromatic N) is 2. The number of hydrogen-bond acceptors (Lipinski definition) is 3. The van der Waals surface area contributed by atoms with E-state index < -0.39 is 5.54 Å². The van der Waals surface area contributed by atoms with Gasteiger partial charge in [-0.3, -0.25) is 4.68 Å². The van der Waals surface area contributed by atoms with Crippen LogP contribution in [0.1, 0.15) is 37.3 Å². The zero-order valence-electron chi connectivity index (χ0n) is 9.19. The number of hydrogen-bond donors (Lipinski definition) is 2. The minimum Gasteiger partial charge on any atom is -0.394 e. The van der Waals surface area contributed by atoms with Gasteiger partial charge >= 0.3 is 0 Å². The van der Waals surface area contributed by atoms with Crippen molar-refractivity contribution in [3.05, 3.63) is 18.0 Å². The molecule has 15 heavy (non-hydrogen) atoms. The minimum absolute atomic E-state index is 0.0732. The maximum absolute atomic E-state index is 9.27. The van der Waals surface area contributed by atoms with E-state index in [1.165, 1.54) is 5.56 Å². The highest BCUT2D eigenvalue weighted by molar-refractivity contribution is 5.02. The van der Waals surface area contributed by atoms with Crippen molar-refractivity contribution in [2.75, 3.05) is 6.61 Å². The summed E-state index contributed by atoms with van der Waals surface area (Å²) in [5.74, 6) is 0. The third-order valence-electron chi connectivity index (χ3n) is 3.27. The largest absolute Gasteiger partial charge is 0.394 e. The molecular formula is C11H19N3O. The topological polar surface area (TPSA) is 64.1 Å². The van der Waals surface area contributed by atoms with E-state index >= 15 is 0 Å². The van der Waals surface area contributed by atoms with Gasteiger partial charge < -0.3 is 10.8 Å². The first-order chi connectivity index (χ1) is 7.13. The second kappa shape index (κ2) is 3.94. The van der Waals surface area contributed by atoms with Crippen LogP contribution in [-0.4, -0.2) is 27.0 Å². The van der Waals surface area contributed by atoms with Gasteiger partial charge in [-0.1, -0.05) is 0 Å². The SMILES string of the molecule is Cc1cnn(C2CCCC(N)(CO)C2)c1. The summed E-state index contributed by atoms with van der Waals surface area (Å²) < 4.78 is 1.99. The van der Waals surface area contributed by atoms with Crippen molar-refractivity contribution in [2.45, 2.75) is 44.2 Å². The molecule has 1 saturated carbocycles. The predicted octanol–water partition coefficient (Wildman–Crippen LogP) is 0.996. The molecule has 1 aliphatic carbocycles. The minimum atomic E-state index is -0.400. The standard InChI is InChI=1S/C11H19N3O/c1-9-6-13-14(7-9)10-3-2-4-11(12,5-10)8-15/h6-7,10,15H,2-5,8,12H2,1H3. The van der Waals surface area contributed by atoms with Crippen LogP contribution in [0.15, 0.2) is 12.4 Å². The molecule has 1 heterocycles. The van der Waals surface area contributed by atoms with Crippen LogP contribution < -0.4 is 5.73 Å². The monoisotopic (exact) mass is 209 g/mol. The first-order valence-electron chi connectivity index (χ1n) is 5.53. The smallest absolute Gasteiger partial charge is 0.0612 e. The summed E-state index contributed by atoms with van der Waals surface area (Å²) in [6, 6.07) is 0.351. The summed E-state index contributed by atoms with van der Waals surface area (Å²) in [5.41, 5.74) is 6.88. The third-order valence-corrected chi connectivity index (χ3v) is 3.27. The van der Waals surface area contributed by atoms with Gasteiger partial charge in [0, 0.05) is 11.7 Å². The Morgan fingerprint density at radius 3 is 3.13 bits per heavy atom. The summed E-state index contributed by atoms with van der Waals surface area (Å²) in [4.78, 5) is 0. The molecular weight excluding hydrogens is 190 g/mol. The molecule has 2 atom stereocenters. The summed E-state index contributed by atoms with van der Waals surface area (Å²) >= 11 is 0. The van der Waals surface area contributed by atoms with Gasteiger partial charge in [0.25, 0.3) is 0 Å². The second-order valence-corrected chi connectivity index (χ2v) is 4.77. The Labute approximate surface area is 90.1 Å². The molecule has 0 radical (unpaired) electrons. The van der Waals surface area contributed by atoms with E-state index in [1.54, 1.807) is 0 Å². The van der Waals surface area contributed by atoms with Crippen LogP contribution in [0.2, 0.25) is 0 Å². The fourth-order valence-corrected chi connectivity index (χ4v) is 2.37. The van der Waals surface area contributed by atoms with Gasteiger partial charge in [-0.25, -0.2) is 0 Å². The number of nitrogens with two attached hydrogens (primary N) is 1. The van der Waals surface area contributed by atoms with Crippen molar-refractivity contribution in [1.29, 1.82) is 0 Å². The summed E-state index contributed by atoms with van der Waals surface area (Å²) in [6.07, 6.45) is 7.84. The highest BCUT2D eigenvalue weighted by atomic mass is 16.3. The molecule has 4 heteroatoms. The van der Waals surface area contributed by atoms with Crippen molar-refractivity contribution in [1.82, 2.24) is 9.78 Å². The molecule has 3 N–H and O–H groups in total. The zero-order valence-corrected chi connectivity index (χ0v) is 9.19. The van der Waals surface area contributed by atoms with Crippen LogP contribution in [0.5, 0.6) is 0 Å². The Hall–Kier alpha value is -0.870. The van der Waals surface area contributed by atoms with Crippen LogP contribution in [-0.2, 0) is 0 Å². The average Bonchev–Trinajstić information content (AvgIpc) is 2.65. The zero-order chi connectivity index (χ0) is 10.9. The molecule has 4 nitrogen and oxygen atoms in total. The normalized spacial score (nSPS) is 31.8. The maximum atomic E-state index is 9.27. The summed E-state index contributed by atoms with van der Waals surface area (Å²) in [7, 11) is 0. The number of rotatable bonds is 2. The highest BCUT2D eigenvalue weighted by Gasteiger charge is 2.33. The Morgan fingerprint density at radius 1 is 1.73 bits per heavy atom. The molecule has 0 aliphatic heterocycles. The molecule has 0 spiro atoms. The van der Waals surface area contributed by atoms with E-state index in [0.717, 1.165) is 25.7 Å². The summed E-state index contributed by atoms with van der Waals surface area (Å²) in [5, 5.41) is 13.6. The first-order valence-corrected chi connectivity index (χ1v) is 5.53. The lowest BCUT2D eigenvalue weighted by molar-refractivity contribution is 0.127. The van der Waals surface area contributed by atoms with Gasteiger partial charge in [-0.05, 0) is 38.2 Å². The fraction of sp³-hybridized carbons (Fsp3) is 0.727. The molecule has 2 unspecified atom stereocenters. The Morgan fingerprint density at radius 2 is 2.53 bits per heavy atom. The first kappa shape index (κ1) is 10.6. The van der Waals surface area contributed by atoms with Crippen LogP contribution in [0, 0.1) is 6.92 Å². The molecule has 1 aromatic heterocycles. The van der Waals surface area contributed by atoms with Crippen LogP contribution in [0.4, 0.5) is 0 Å². The molecule has 1 aliphatic rings. The van der Waals surface area contributed by atoms with E-state index in [-0.39, 0.29) is 6.61 Å². The Bertz CT molecular complexity index is 336. The molecule has 2 rings (SSSR count). The molecule has 84 valence electrons. The van der Waals surface area contributed by atoms with Gasteiger partial charge in [0.1, 0.15) is 0 Å². The van der Waals surface area contributed by atoms with Gasteiger partial charge in [-0.2, -0.15) is 5.10 Å². The molecule has 0 aromatic carbocycles. The van der Waals surface area contributed by atoms with Crippen LogP contribution in [0.25, 0.3) is 0 Å². The van der Waals surface area contributed by atoms with Crippen LogP contribution in [0.3, 0.4) is 0 Å². The number of aryl methyl sites for hydroxylation is 1. The lowest BCUT2D eigenvalue weighted by atomic mass is 9.80. The molecule has 1 fully saturated rings. The van der Waals surface area contributed by atoms with E-state index in [4.69, 9.17) is 5.73 Å². The lowest BCUT2D eigenvalue weighted by Gasteiger charge is -2.36. The number of aliphatic hydroxyl groups excluding tert-OH is 1. The predicted molar refractivity (Wildman–Crippen MR) is 58.5 cm³/mol. The Balaban J connectivity index is 2.11. The quantitative estimate of drug-likeness (QED) is 0.763. The van der Waals surface area contributed by atoms with Gasteiger partial charge in [0.15, 0.2) is 0 Å². The van der Waals surface area contributed by atoms with Crippen molar-refractivity contribution >= 4 is 0 Å². The van der Waals surface area contributed by atoms with Crippen molar-refractivity contribution < 1.29 is 5.11 Å². The van der Waals surface area contributed by atoms with E-state index in [0.29, 0.717) is 6.04 Å². The van der Waals surface area contributed by atoms with Gasteiger partial charge in [0.05, 0.1) is 18.8 Å². The van der Waals surface area contributed by atoms with E-state index in [2.05, 4.69) is 5.10 Å². The Kier molecular flexibility index (Phi) is 2.80. The fourth-order valence-electron chi connectivity index (χ4n) is 2.37. The van der Waals surface area contributed by atoms with Crippen molar-refractivity contribution in [3.63, 3.8) is 0 Å². The van der Waals surface area contributed by atoms with Gasteiger partial charge in [-0.15, -0.1) is 0 Å². The maximum Gasteiger partial charge on any atom is 0.0612 e. The van der Waals surface area contributed by atoms with Crippen LogP contribution >= 0.6 is 0 Å². The number of aromatic nitrogens is 2. The average molecular weight is 209 g/mol. The van der Waals surface area contributed by atoms with E-state index in [1.807, 2.05) is 24.0 Å². The third kappa shape index (κ3) is 2.21. The number of aliphatic hydroxyl groups is 1. The molecule has 0 bridgehead atoms. The summed E-state index contributed by atoms with van der Waals surface area (Å²) in [6.45, 7) is 2.11. The van der Waals surface area contributed by atoms with E-state index in [9.17, 15) is 5.11 Å². The molecule has 1 aromatic rings.